The van der Waals surface area contributed by atoms with Gasteiger partial charge in [-0.1, -0.05) is 28.1 Å². The molecule has 4 nitrogen and oxygen atoms in total. The summed E-state index contributed by atoms with van der Waals surface area (Å²) in [6.07, 6.45) is 0. The molecule has 5 heteroatoms. The number of carbonyl (C=O) groups is 2. The number of benzene rings is 1. The molecule has 0 aliphatic heterocycles. The summed E-state index contributed by atoms with van der Waals surface area (Å²) >= 11 is 3.34. The highest BCUT2D eigenvalue weighted by molar-refractivity contribution is 9.10. The number of nitrogens with zero attached hydrogens (tertiary/aromatic N) is 1. The molecule has 0 saturated heterocycles. The number of hydrogen-bond acceptors (Lipinski definition) is 4. The summed E-state index contributed by atoms with van der Waals surface area (Å²) in [5.41, 5.74) is 1.16. The van der Waals surface area contributed by atoms with E-state index in [1.165, 1.54) is 6.92 Å². The first-order valence-electron chi connectivity index (χ1n) is 5.91. The maximum Gasteiger partial charge on any atom is 0.322 e. The molecule has 19 heavy (non-hydrogen) atoms. The van der Waals surface area contributed by atoms with E-state index in [0.717, 1.165) is 10.0 Å². The Labute approximate surface area is 121 Å². The van der Waals surface area contributed by atoms with Gasteiger partial charge in [-0.15, -0.1) is 0 Å². The van der Waals surface area contributed by atoms with Crippen LogP contribution in [-0.4, -0.2) is 31.1 Å². The highest BCUT2D eigenvalue weighted by Gasteiger charge is 2.30. The molecule has 0 amide bonds. The standard InChI is InChI=1S/C14H16BrNO3/c1-4-19-14(18)12(9(2)17)13(16-3)10-5-7-11(15)8-6-10/h5-8,12H,4H2,1-3H3/b16-13+. The van der Waals surface area contributed by atoms with E-state index >= 15 is 0 Å². The normalized spacial score (nSPS) is 12.9. The van der Waals surface area contributed by atoms with E-state index < -0.39 is 11.9 Å². The van der Waals surface area contributed by atoms with Crippen molar-refractivity contribution in [2.75, 3.05) is 13.7 Å². The predicted molar refractivity (Wildman–Crippen MR) is 77.4 cm³/mol. The van der Waals surface area contributed by atoms with E-state index in [4.69, 9.17) is 4.74 Å². The van der Waals surface area contributed by atoms with Gasteiger partial charge in [0.05, 0.1) is 12.3 Å². The van der Waals surface area contributed by atoms with E-state index in [0.29, 0.717) is 5.71 Å². The van der Waals surface area contributed by atoms with Gasteiger partial charge >= 0.3 is 5.97 Å². The highest BCUT2D eigenvalue weighted by atomic mass is 79.9. The van der Waals surface area contributed by atoms with Gasteiger partial charge in [-0.3, -0.25) is 14.6 Å². The minimum atomic E-state index is -0.967. The maximum atomic E-state index is 11.9. The minimum Gasteiger partial charge on any atom is -0.465 e. The quantitative estimate of drug-likeness (QED) is 0.475. The average molecular weight is 326 g/mol. The summed E-state index contributed by atoms with van der Waals surface area (Å²) in [6.45, 7) is 3.31. The molecule has 1 rings (SSSR count). The van der Waals surface area contributed by atoms with Gasteiger partial charge in [-0.05, 0) is 31.5 Å². The lowest BCUT2D eigenvalue weighted by Gasteiger charge is -2.15. The highest BCUT2D eigenvalue weighted by Crippen LogP contribution is 2.17. The van der Waals surface area contributed by atoms with Gasteiger partial charge < -0.3 is 4.74 Å². The number of esters is 1. The van der Waals surface area contributed by atoms with Gasteiger partial charge in [0.1, 0.15) is 5.78 Å². The summed E-state index contributed by atoms with van der Waals surface area (Å²) in [4.78, 5) is 27.7. The Morgan fingerprint density at radius 1 is 1.32 bits per heavy atom. The Morgan fingerprint density at radius 2 is 1.89 bits per heavy atom. The fourth-order valence-corrected chi connectivity index (χ4v) is 2.01. The van der Waals surface area contributed by atoms with Gasteiger partial charge in [0.15, 0.2) is 5.92 Å². The van der Waals surface area contributed by atoms with Gasteiger partial charge in [-0.2, -0.15) is 0 Å². The van der Waals surface area contributed by atoms with Crippen molar-refractivity contribution in [3.05, 3.63) is 34.3 Å². The van der Waals surface area contributed by atoms with E-state index in [-0.39, 0.29) is 12.4 Å². The number of aliphatic imine (C=N–C) groups is 1. The molecular weight excluding hydrogens is 310 g/mol. The molecule has 1 unspecified atom stereocenters. The van der Waals surface area contributed by atoms with Crippen molar-refractivity contribution < 1.29 is 14.3 Å². The van der Waals surface area contributed by atoms with Crippen LogP contribution in [0.1, 0.15) is 19.4 Å². The second-order valence-electron chi connectivity index (χ2n) is 3.91. The molecular formula is C14H16BrNO3. The Bertz CT molecular complexity index is 494. The molecule has 0 fully saturated rings. The lowest BCUT2D eigenvalue weighted by Crippen LogP contribution is -2.32. The summed E-state index contributed by atoms with van der Waals surface area (Å²) in [5, 5.41) is 0. The number of halogens is 1. The van der Waals surface area contributed by atoms with Gasteiger partial charge in [0.25, 0.3) is 0 Å². The van der Waals surface area contributed by atoms with Crippen LogP contribution in [0.4, 0.5) is 0 Å². The summed E-state index contributed by atoms with van der Waals surface area (Å²) in [7, 11) is 1.56. The lowest BCUT2D eigenvalue weighted by molar-refractivity contribution is -0.148. The van der Waals surface area contributed by atoms with E-state index in [1.54, 1.807) is 14.0 Å². The number of hydrogen-bond donors (Lipinski definition) is 0. The second-order valence-corrected chi connectivity index (χ2v) is 4.83. The number of Topliss-reactive ketones (excluding diaryl/α,β-unsaturated/α-hetero) is 1. The SMILES string of the molecule is CCOC(=O)C(C(C)=O)/C(=N/C)c1ccc(Br)cc1. The van der Waals surface area contributed by atoms with Crippen LogP contribution in [0.3, 0.4) is 0 Å². The molecule has 0 N–H and O–H groups in total. The fourth-order valence-electron chi connectivity index (χ4n) is 1.74. The van der Waals surface area contributed by atoms with Crippen molar-refractivity contribution in [3.8, 4) is 0 Å². The Balaban J connectivity index is 3.15. The molecule has 0 spiro atoms. The third-order valence-corrected chi connectivity index (χ3v) is 3.11. The van der Waals surface area contributed by atoms with Crippen molar-refractivity contribution >= 4 is 33.4 Å². The molecule has 1 aromatic carbocycles. The first kappa shape index (κ1) is 15.6. The first-order chi connectivity index (χ1) is 9.01. The largest absolute Gasteiger partial charge is 0.465 e. The van der Waals surface area contributed by atoms with Crippen LogP contribution in [-0.2, 0) is 14.3 Å². The third kappa shape index (κ3) is 3.99. The van der Waals surface area contributed by atoms with Crippen LogP contribution >= 0.6 is 15.9 Å². The zero-order chi connectivity index (χ0) is 14.4. The van der Waals surface area contributed by atoms with Gasteiger partial charge in [0.2, 0.25) is 0 Å². The van der Waals surface area contributed by atoms with Crippen LogP contribution in [0.5, 0.6) is 0 Å². The third-order valence-electron chi connectivity index (χ3n) is 2.58. The summed E-state index contributed by atoms with van der Waals surface area (Å²) < 4.78 is 5.86. The van der Waals surface area contributed by atoms with Crippen LogP contribution in [0.25, 0.3) is 0 Å². The van der Waals surface area contributed by atoms with Crippen molar-refractivity contribution in [3.63, 3.8) is 0 Å². The molecule has 0 aliphatic carbocycles. The monoisotopic (exact) mass is 325 g/mol. The topological polar surface area (TPSA) is 55.7 Å². The van der Waals surface area contributed by atoms with Crippen molar-refractivity contribution in [1.82, 2.24) is 0 Å². The molecule has 1 aromatic rings. The van der Waals surface area contributed by atoms with E-state index in [1.807, 2.05) is 24.3 Å². The zero-order valence-corrected chi connectivity index (χ0v) is 12.7. The molecule has 0 saturated carbocycles. The van der Waals surface area contributed by atoms with Crippen LogP contribution in [0.2, 0.25) is 0 Å². The summed E-state index contributed by atoms with van der Waals surface area (Å²) in [5.74, 6) is -1.80. The maximum absolute atomic E-state index is 11.9. The first-order valence-corrected chi connectivity index (χ1v) is 6.70. The van der Waals surface area contributed by atoms with E-state index in [9.17, 15) is 9.59 Å². The fraction of sp³-hybridized carbons (Fsp3) is 0.357. The molecule has 0 aromatic heterocycles. The average Bonchev–Trinajstić information content (AvgIpc) is 2.36. The Hall–Kier alpha value is -1.49. The summed E-state index contributed by atoms with van der Waals surface area (Å²) in [6, 6.07) is 7.29. The molecule has 102 valence electrons. The van der Waals surface area contributed by atoms with Crippen molar-refractivity contribution in [1.29, 1.82) is 0 Å². The number of ketones is 1. The molecule has 0 bridgehead atoms. The van der Waals surface area contributed by atoms with Crippen LogP contribution in [0, 0.1) is 5.92 Å². The molecule has 1 atom stereocenters. The predicted octanol–water partition coefficient (Wildman–Crippen LogP) is 2.64. The van der Waals surface area contributed by atoms with Crippen molar-refractivity contribution in [2.45, 2.75) is 13.8 Å². The second kappa shape index (κ2) is 7.19. The van der Waals surface area contributed by atoms with Gasteiger partial charge in [-0.25, -0.2) is 0 Å². The minimum absolute atomic E-state index is 0.236. The Kier molecular flexibility index (Phi) is 5.89. The van der Waals surface area contributed by atoms with Crippen molar-refractivity contribution in [2.24, 2.45) is 10.9 Å². The molecule has 0 heterocycles. The number of ether oxygens (including phenoxy) is 1. The Morgan fingerprint density at radius 3 is 2.32 bits per heavy atom. The lowest BCUT2D eigenvalue weighted by atomic mass is 9.93. The smallest absolute Gasteiger partial charge is 0.322 e. The number of carbonyl (C=O) groups excluding carboxylic acids is 2. The molecule has 0 aliphatic rings. The van der Waals surface area contributed by atoms with Gasteiger partial charge in [0, 0.05) is 11.5 Å². The van der Waals surface area contributed by atoms with Crippen LogP contribution < -0.4 is 0 Å². The van der Waals surface area contributed by atoms with E-state index in [2.05, 4.69) is 20.9 Å². The zero-order valence-electron chi connectivity index (χ0n) is 11.1. The number of rotatable bonds is 5. The van der Waals surface area contributed by atoms with Crippen LogP contribution in [0.15, 0.2) is 33.7 Å². The molecule has 0 radical (unpaired) electrons.